The minimum Gasteiger partial charge on any atom is -0.292 e. The molecule has 0 atom stereocenters. The summed E-state index contributed by atoms with van der Waals surface area (Å²) in [5.74, 6) is -2.30. The maximum Gasteiger partial charge on any atom is 0.451 e. The largest absolute Gasteiger partial charge is 0.451 e. The maximum atomic E-state index is 12.9. The van der Waals surface area contributed by atoms with Gasteiger partial charge in [-0.3, -0.25) is 14.3 Å². The Balaban J connectivity index is 2.44. The number of hydrogen-bond acceptors (Lipinski definition) is 5. The lowest BCUT2D eigenvalue weighted by Crippen LogP contribution is -2.30. The first kappa shape index (κ1) is 21.0. The van der Waals surface area contributed by atoms with E-state index in [0.29, 0.717) is 16.5 Å². The van der Waals surface area contributed by atoms with Crippen LogP contribution in [-0.4, -0.2) is 38.5 Å². The van der Waals surface area contributed by atoms with Crippen molar-refractivity contribution in [2.24, 2.45) is 7.05 Å². The summed E-state index contributed by atoms with van der Waals surface area (Å²) in [6.45, 7) is 1.67. The minimum atomic E-state index is -4.78. The third-order valence-corrected chi connectivity index (χ3v) is 4.30. The second-order valence-corrected chi connectivity index (χ2v) is 6.55. The van der Waals surface area contributed by atoms with Crippen LogP contribution in [0.25, 0.3) is 0 Å². The number of amides is 1. The lowest BCUT2D eigenvalue weighted by atomic mass is 10.2. The first-order valence-corrected chi connectivity index (χ1v) is 8.31. The van der Waals surface area contributed by atoms with Crippen LogP contribution in [0.2, 0.25) is 0 Å². The number of carbonyl (C=O) groups excluding carboxylic acids is 1. The highest BCUT2D eigenvalue weighted by Crippen LogP contribution is 2.34. The van der Waals surface area contributed by atoms with Gasteiger partial charge in [-0.05, 0) is 11.8 Å². The molecular weight excluding hydrogens is 400 g/mol. The van der Waals surface area contributed by atoms with Crippen molar-refractivity contribution in [1.82, 2.24) is 19.7 Å². The third-order valence-electron chi connectivity index (χ3n) is 3.39. The van der Waals surface area contributed by atoms with Crippen molar-refractivity contribution in [3.63, 3.8) is 0 Å². The van der Waals surface area contributed by atoms with Crippen molar-refractivity contribution in [2.75, 3.05) is 17.7 Å². The molecule has 13 heteroatoms. The zero-order valence-electron chi connectivity index (χ0n) is 14.2. The van der Waals surface area contributed by atoms with Gasteiger partial charge >= 0.3 is 12.4 Å². The summed E-state index contributed by atoms with van der Waals surface area (Å²) in [6, 6.07) is 0.778. The van der Waals surface area contributed by atoms with Crippen LogP contribution in [0.4, 0.5) is 32.3 Å². The molecule has 0 saturated heterocycles. The number of thioether (sulfide) groups is 1. The molecule has 0 N–H and O–H groups in total. The molecule has 2 aromatic heterocycles. The molecule has 0 saturated carbocycles. The fraction of sp³-hybridized carbons (Fsp3) is 0.429. The molecule has 2 rings (SSSR count). The number of aromatic nitrogens is 4. The van der Waals surface area contributed by atoms with Gasteiger partial charge in [0.25, 0.3) is 5.91 Å². The Labute approximate surface area is 153 Å². The standard InChI is InChI=1S/C14H13F6N5OS/c1-4-27-8-5-7(13(15,16)17)6-21-9(8)10(26)24(2)12-23-22-11(25(12)3)14(18,19)20/h5-6H,4H2,1-3H3. The van der Waals surface area contributed by atoms with Crippen LogP contribution in [0.1, 0.15) is 28.8 Å². The van der Waals surface area contributed by atoms with Crippen LogP contribution in [0, 0.1) is 0 Å². The van der Waals surface area contributed by atoms with Crippen molar-refractivity contribution in [3.8, 4) is 0 Å². The summed E-state index contributed by atoms with van der Waals surface area (Å²) in [5.41, 5.74) is -1.36. The highest BCUT2D eigenvalue weighted by molar-refractivity contribution is 7.99. The summed E-state index contributed by atoms with van der Waals surface area (Å²) in [4.78, 5) is 16.9. The monoisotopic (exact) mass is 413 g/mol. The Kier molecular flexibility index (Phi) is 5.73. The van der Waals surface area contributed by atoms with E-state index in [1.807, 2.05) is 0 Å². The minimum absolute atomic E-state index is 0.0395. The lowest BCUT2D eigenvalue weighted by Gasteiger charge is -2.18. The van der Waals surface area contributed by atoms with Gasteiger partial charge in [-0.15, -0.1) is 22.0 Å². The van der Waals surface area contributed by atoms with E-state index < -0.39 is 35.6 Å². The fourth-order valence-electron chi connectivity index (χ4n) is 2.14. The van der Waals surface area contributed by atoms with Crippen LogP contribution in [0.3, 0.4) is 0 Å². The number of carbonyl (C=O) groups is 1. The predicted octanol–water partition coefficient (Wildman–Crippen LogP) is 3.64. The molecule has 1 amide bonds. The normalized spacial score (nSPS) is 12.3. The highest BCUT2D eigenvalue weighted by Gasteiger charge is 2.39. The molecule has 0 spiro atoms. The van der Waals surface area contributed by atoms with Gasteiger partial charge in [-0.1, -0.05) is 6.92 Å². The number of alkyl halides is 6. The summed E-state index contributed by atoms with van der Waals surface area (Å²) >= 11 is 0.954. The number of nitrogens with zero attached hydrogens (tertiary/aromatic N) is 5. The summed E-state index contributed by atoms with van der Waals surface area (Å²) < 4.78 is 77.6. The molecule has 2 heterocycles. The molecule has 0 aliphatic carbocycles. The molecular formula is C14H13F6N5OS. The van der Waals surface area contributed by atoms with Crippen molar-refractivity contribution in [3.05, 3.63) is 29.3 Å². The van der Waals surface area contributed by atoms with Crippen LogP contribution < -0.4 is 4.90 Å². The predicted molar refractivity (Wildman–Crippen MR) is 84.4 cm³/mol. The van der Waals surface area contributed by atoms with Crippen molar-refractivity contribution in [2.45, 2.75) is 24.2 Å². The van der Waals surface area contributed by atoms with Gasteiger partial charge in [-0.25, -0.2) is 4.98 Å². The Morgan fingerprint density at radius 3 is 2.30 bits per heavy atom. The van der Waals surface area contributed by atoms with E-state index in [9.17, 15) is 31.1 Å². The molecule has 0 aromatic carbocycles. The molecule has 0 aliphatic rings. The highest BCUT2D eigenvalue weighted by atomic mass is 32.2. The number of pyridine rings is 1. The third kappa shape index (κ3) is 4.34. The summed E-state index contributed by atoms with van der Waals surface area (Å²) in [5, 5.41) is 6.35. The first-order valence-electron chi connectivity index (χ1n) is 7.32. The number of hydrogen-bond donors (Lipinski definition) is 0. The molecule has 148 valence electrons. The average Bonchev–Trinajstić information content (AvgIpc) is 2.94. The van der Waals surface area contributed by atoms with Gasteiger partial charge in [0.15, 0.2) is 0 Å². The molecule has 0 unspecified atom stereocenters. The molecule has 0 fully saturated rings. The zero-order valence-corrected chi connectivity index (χ0v) is 15.0. The summed E-state index contributed by atoms with van der Waals surface area (Å²) in [6.07, 6.45) is -8.92. The van der Waals surface area contributed by atoms with E-state index in [4.69, 9.17) is 0 Å². The van der Waals surface area contributed by atoms with Gasteiger partial charge in [0, 0.05) is 25.2 Å². The van der Waals surface area contributed by atoms with Crippen LogP contribution in [0.5, 0.6) is 0 Å². The molecule has 0 aliphatic heterocycles. The molecule has 27 heavy (non-hydrogen) atoms. The number of rotatable bonds is 4. The van der Waals surface area contributed by atoms with Crippen molar-refractivity contribution >= 4 is 23.6 Å². The topological polar surface area (TPSA) is 63.9 Å². The smallest absolute Gasteiger partial charge is 0.292 e. The second kappa shape index (κ2) is 7.37. The Bertz CT molecular complexity index is 847. The van der Waals surface area contributed by atoms with E-state index in [-0.39, 0.29) is 10.6 Å². The van der Waals surface area contributed by atoms with E-state index in [2.05, 4.69) is 15.2 Å². The molecule has 0 radical (unpaired) electrons. The second-order valence-electron chi connectivity index (χ2n) is 5.25. The molecule has 0 bridgehead atoms. The zero-order chi connectivity index (χ0) is 20.6. The lowest BCUT2D eigenvalue weighted by molar-refractivity contribution is -0.147. The first-order chi connectivity index (χ1) is 12.4. The maximum absolute atomic E-state index is 12.9. The Morgan fingerprint density at radius 2 is 1.81 bits per heavy atom. The number of halogens is 6. The quantitative estimate of drug-likeness (QED) is 0.566. The number of anilines is 1. The Hall–Kier alpha value is -2.31. The summed E-state index contributed by atoms with van der Waals surface area (Å²) in [7, 11) is 2.15. The van der Waals surface area contributed by atoms with Crippen LogP contribution in [-0.2, 0) is 19.4 Å². The van der Waals surface area contributed by atoms with Gasteiger partial charge in [0.2, 0.25) is 11.8 Å². The molecule has 2 aromatic rings. The Morgan fingerprint density at radius 1 is 1.19 bits per heavy atom. The van der Waals surface area contributed by atoms with Gasteiger partial charge < -0.3 is 0 Å². The van der Waals surface area contributed by atoms with E-state index in [0.717, 1.165) is 36.8 Å². The van der Waals surface area contributed by atoms with Gasteiger partial charge in [-0.2, -0.15) is 26.3 Å². The van der Waals surface area contributed by atoms with Crippen molar-refractivity contribution < 1.29 is 31.1 Å². The van der Waals surface area contributed by atoms with E-state index in [1.165, 1.54) is 0 Å². The van der Waals surface area contributed by atoms with Gasteiger partial charge in [0.05, 0.1) is 5.56 Å². The molecule has 6 nitrogen and oxygen atoms in total. The van der Waals surface area contributed by atoms with Crippen molar-refractivity contribution in [1.29, 1.82) is 0 Å². The SMILES string of the molecule is CCSc1cc(C(F)(F)F)cnc1C(=O)N(C)c1nnc(C(F)(F)F)n1C. The average molecular weight is 413 g/mol. The van der Waals surface area contributed by atoms with E-state index in [1.54, 1.807) is 6.92 Å². The fourth-order valence-corrected chi connectivity index (χ4v) is 2.93. The van der Waals surface area contributed by atoms with E-state index >= 15 is 0 Å². The van der Waals surface area contributed by atoms with Crippen LogP contribution in [0.15, 0.2) is 17.2 Å². The van der Waals surface area contributed by atoms with Gasteiger partial charge in [0.1, 0.15) is 5.69 Å². The van der Waals surface area contributed by atoms with Crippen LogP contribution >= 0.6 is 11.8 Å².